The van der Waals surface area contributed by atoms with Gasteiger partial charge in [0.15, 0.2) is 11.4 Å². The molecule has 5 aromatic rings. The zero-order valence-electron chi connectivity index (χ0n) is 35.5. The Labute approximate surface area is 396 Å². The van der Waals surface area contributed by atoms with Gasteiger partial charge in [0.05, 0.1) is 47.8 Å². The lowest BCUT2D eigenvalue weighted by atomic mass is 9.93. The molecule has 1 fully saturated rings. The van der Waals surface area contributed by atoms with Crippen LogP contribution in [-0.4, -0.2) is 123 Å². The van der Waals surface area contributed by atoms with E-state index < -0.39 is 88.6 Å². The Morgan fingerprint density at radius 2 is 1.26 bits per heavy atom. The Hall–Kier alpha value is -7.55. The van der Waals surface area contributed by atoms with E-state index in [4.69, 9.17) is 9.47 Å². The second-order valence-corrected chi connectivity index (χ2v) is 20.4. The van der Waals surface area contributed by atoms with Gasteiger partial charge in [0.25, 0.3) is 40.5 Å². The van der Waals surface area contributed by atoms with Gasteiger partial charge in [-0.25, -0.2) is 0 Å². The summed E-state index contributed by atoms with van der Waals surface area (Å²) in [6, 6.07) is 16.9. The molecule has 26 nitrogen and oxygen atoms in total. The maximum absolute atomic E-state index is 14.3. The van der Waals surface area contributed by atoms with E-state index in [1.54, 1.807) is 35.2 Å². The van der Waals surface area contributed by atoms with Crippen LogP contribution in [0.3, 0.4) is 0 Å². The monoisotopic (exact) mass is 1040 g/mol. The van der Waals surface area contributed by atoms with E-state index >= 15 is 0 Å². The lowest BCUT2D eigenvalue weighted by Crippen LogP contribution is -2.37. The van der Waals surface area contributed by atoms with Crippen LogP contribution in [0.4, 0.5) is 40.6 Å². The largest absolute Gasteiger partial charge is 0.497 e. The standard InChI is InChI=1S/C40H34N10O16S4/c1-65-25-8-10-28(30(19-25)68(56,57)58)47-49-34-31(69(59,60)61)17-21-15-24(7-9-27(21)36(34)51)41-38-43-39(45-40(44-38)50-11-13-66-14-12-50)42-29-20-26(67(53,54)55)16-22-18-32(70(62,63)64)35(37(52)33(22)29)48-46-23-5-3-2-4-6-23/h2-10,15-20,46-47H,11-14H2,1H3,(H,53,54,55)(H,56,57,58)(H,59,60,61)(H,62,63,64)(H2,41,42,43,44,45)/b48-35-,49-34-. The zero-order valence-corrected chi connectivity index (χ0v) is 38.8. The fraction of sp³-hybridized carbons (Fsp3) is 0.125. The number of allylic oxidation sites excluding steroid dienone is 2. The number of fused-ring (bicyclic) bond motifs is 2. The highest BCUT2D eigenvalue weighted by atomic mass is 32.2. The summed E-state index contributed by atoms with van der Waals surface area (Å²) >= 11 is 0. The summed E-state index contributed by atoms with van der Waals surface area (Å²) in [6.45, 7) is 1.04. The number of methoxy groups -OCH3 is 1. The van der Waals surface area contributed by atoms with Crippen molar-refractivity contribution in [3.8, 4) is 5.75 Å². The van der Waals surface area contributed by atoms with Gasteiger partial charge in [0, 0.05) is 30.4 Å². The molecule has 1 aromatic heterocycles. The number of hydrazone groups is 2. The first kappa shape index (κ1) is 48.9. The number of Topliss-reactive ketones (excluding diaryl/α,β-unsaturated/α-hetero) is 2. The quantitative estimate of drug-likeness (QED) is 0.0583. The summed E-state index contributed by atoms with van der Waals surface area (Å²) in [5.41, 5.74) is 1.80. The van der Waals surface area contributed by atoms with Crippen LogP contribution in [0.25, 0.3) is 12.2 Å². The number of aromatic nitrogens is 3. The summed E-state index contributed by atoms with van der Waals surface area (Å²) in [7, 11) is -19.1. The van der Waals surface area contributed by atoms with E-state index in [2.05, 4.69) is 46.6 Å². The number of hydrogen-bond acceptors (Lipinski definition) is 22. The molecule has 0 saturated carbocycles. The summed E-state index contributed by atoms with van der Waals surface area (Å²) < 4.78 is 151. The van der Waals surface area contributed by atoms with Crippen molar-refractivity contribution in [1.82, 2.24) is 15.0 Å². The van der Waals surface area contributed by atoms with Crippen LogP contribution in [0.2, 0.25) is 0 Å². The number of hydrogen-bond donors (Lipinski definition) is 8. The van der Waals surface area contributed by atoms with Crippen molar-refractivity contribution in [2.45, 2.75) is 9.79 Å². The lowest BCUT2D eigenvalue weighted by molar-refractivity contribution is 0.105. The zero-order chi connectivity index (χ0) is 50.3. The predicted molar refractivity (Wildman–Crippen MR) is 251 cm³/mol. The normalized spacial score (nSPS) is 16.5. The van der Waals surface area contributed by atoms with Crippen LogP contribution in [0.5, 0.6) is 5.75 Å². The van der Waals surface area contributed by atoms with Gasteiger partial charge in [0.2, 0.25) is 29.4 Å². The summed E-state index contributed by atoms with van der Waals surface area (Å²) in [4.78, 5) is 39.5. The predicted octanol–water partition coefficient (Wildman–Crippen LogP) is 3.48. The first-order valence-electron chi connectivity index (χ1n) is 19.8. The summed E-state index contributed by atoms with van der Waals surface area (Å²) in [6.07, 6.45) is 1.69. The minimum absolute atomic E-state index is 0.00126. The number of nitrogens with one attached hydrogen (secondary N) is 4. The van der Waals surface area contributed by atoms with Gasteiger partial charge in [-0.3, -0.25) is 38.7 Å². The second-order valence-electron chi connectivity index (χ2n) is 14.8. The highest BCUT2D eigenvalue weighted by molar-refractivity contribution is 7.91. The van der Waals surface area contributed by atoms with Crippen molar-refractivity contribution in [2.24, 2.45) is 10.2 Å². The van der Waals surface area contributed by atoms with Crippen LogP contribution < -0.4 is 31.1 Å². The topological polar surface area (TPSA) is 385 Å². The van der Waals surface area contributed by atoms with Crippen molar-refractivity contribution in [1.29, 1.82) is 0 Å². The molecule has 0 bridgehead atoms. The number of carbonyl (C=O) groups is 2. The van der Waals surface area contributed by atoms with Gasteiger partial charge >= 0.3 is 0 Å². The fourth-order valence-electron chi connectivity index (χ4n) is 7.03. The van der Waals surface area contributed by atoms with Crippen molar-refractivity contribution < 1.29 is 70.9 Å². The van der Waals surface area contributed by atoms with E-state index in [0.29, 0.717) is 5.69 Å². The average Bonchev–Trinajstić information content (AvgIpc) is 3.30. The molecular formula is C40H34N10O16S4. The Kier molecular flexibility index (Phi) is 13.1. The Morgan fingerprint density at radius 3 is 1.89 bits per heavy atom. The molecule has 2 heterocycles. The van der Waals surface area contributed by atoms with Gasteiger partial charge < -0.3 is 25.0 Å². The minimum atomic E-state index is -5.21. The van der Waals surface area contributed by atoms with E-state index in [9.17, 15) is 61.5 Å². The first-order valence-corrected chi connectivity index (χ1v) is 25.5. The maximum atomic E-state index is 14.3. The molecule has 30 heteroatoms. The third kappa shape index (κ3) is 10.5. The fourth-order valence-corrected chi connectivity index (χ4v) is 9.54. The Bertz CT molecular complexity index is 3620. The van der Waals surface area contributed by atoms with Crippen molar-refractivity contribution >= 4 is 116 Å². The Balaban J connectivity index is 1.18. The number of anilines is 7. The number of para-hydroxylation sites is 1. The van der Waals surface area contributed by atoms with Gasteiger partial charge in [-0.1, -0.05) is 18.2 Å². The molecule has 1 aliphatic heterocycles. The third-order valence-electron chi connectivity index (χ3n) is 10.2. The molecule has 0 spiro atoms. The number of nitrogens with zero attached hydrogens (tertiary/aromatic N) is 6. The molecule has 3 aliphatic rings. The van der Waals surface area contributed by atoms with Crippen LogP contribution in [0.15, 0.2) is 109 Å². The molecule has 0 amide bonds. The van der Waals surface area contributed by atoms with E-state index in [1.165, 1.54) is 31.4 Å². The molecule has 0 radical (unpaired) electrons. The van der Waals surface area contributed by atoms with Gasteiger partial charge in [0.1, 0.15) is 20.5 Å². The number of carbonyl (C=O) groups excluding carboxylic acids is 2. The highest BCUT2D eigenvalue weighted by Gasteiger charge is 2.37. The number of ether oxygens (including phenoxy) is 2. The molecule has 1 saturated heterocycles. The van der Waals surface area contributed by atoms with Gasteiger partial charge in [-0.2, -0.15) is 58.8 Å². The van der Waals surface area contributed by atoms with E-state index in [1.807, 2.05) is 0 Å². The van der Waals surface area contributed by atoms with Crippen molar-refractivity contribution in [2.75, 3.05) is 59.8 Å². The molecule has 70 heavy (non-hydrogen) atoms. The van der Waals surface area contributed by atoms with Crippen LogP contribution in [0.1, 0.15) is 31.8 Å². The molecule has 0 atom stereocenters. The summed E-state index contributed by atoms with van der Waals surface area (Å²) in [5, 5.41) is 13.4. The molecule has 0 unspecified atom stereocenters. The number of benzene rings is 4. The van der Waals surface area contributed by atoms with Crippen LogP contribution in [0, 0.1) is 0 Å². The highest BCUT2D eigenvalue weighted by Crippen LogP contribution is 2.36. The van der Waals surface area contributed by atoms with E-state index in [0.717, 1.165) is 36.4 Å². The van der Waals surface area contributed by atoms with Crippen molar-refractivity contribution in [3.63, 3.8) is 0 Å². The SMILES string of the molecule is COc1ccc(N/N=C2\C(=O)c3ccc(Nc4nc(Nc5cc(S(=O)(=O)O)cc6c5C(=O)/C(=N\Nc5ccccc5)C(S(=O)(=O)O)=C6)nc(N5CCOCC5)n4)cc3C=C2S(=O)(=O)O)c(S(=O)(=O)O)c1. The molecular weight excluding hydrogens is 1000 g/mol. The van der Waals surface area contributed by atoms with Gasteiger partial charge in [-0.15, -0.1) is 0 Å². The first-order chi connectivity index (χ1) is 33.0. The molecule has 8 N–H and O–H groups in total. The van der Waals surface area contributed by atoms with E-state index in [-0.39, 0.29) is 83.7 Å². The van der Waals surface area contributed by atoms with Crippen molar-refractivity contribution in [3.05, 3.63) is 111 Å². The maximum Gasteiger partial charge on any atom is 0.296 e. The van der Waals surface area contributed by atoms with Gasteiger partial charge in [-0.05, 0) is 77.9 Å². The molecule has 8 rings (SSSR count). The molecule has 364 valence electrons. The Morgan fingerprint density at radius 1 is 0.629 bits per heavy atom. The van der Waals surface area contributed by atoms with Crippen LogP contribution >= 0.6 is 0 Å². The smallest absolute Gasteiger partial charge is 0.296 e. The number of rotatable bonds is 14. The van der Waals surface area contributed by atoms with Crippen LogP contribution in [-0.2, 0) is 45.2 Å². The lowest BCUT2D eigenvalue weighted by Gasteiger charge is -2.27. The number of ketones is 2. The summed E-state index contributed by atoms with van der Waals surface area (Å²) in [5.74, 6) is -2.76. The minimum Gasteiger partial charge on any atom is -0.497 e. The second kappa shape index (κ2) is 18.7. The molecule has 4 aromatic carbocycles. The number of morpholine rings is 1. The molecule has 2 aliphatic carbocycles. The average molecular weight is 1040 g/mol. The third-order valence-corrected chi connectivity index (χ3v) is 13.7.